The molecule has 2 fully saturated rings. The summed E-state index contributed by atoms with van der Waals surface area (Å²) in [5.74, 6) is -0.171. The Morgan fingerprint density at radius 1 is 1.31 bits per heavy atom. The molecule has 0 spiro atoms. The molecule has 32 heavy (non-hydrogen) atoms. The third-order valence-electron chi connectivity index (χ3n) is 6.52. The number of nitrogens with two attached hydrogens (primary N) is 1. The molecule has 2 N–H and O–H groups in total. The number of hydrogen-bond donors (Lipinski definition) is 1. The molecular weight excluding hydrogens is 408 g/mol. The van der Waals surface area contributed by atoms with E-state index in [4.69, 9.17) is 15.2 Å². The van der Waals surface area contributed by atoms with E-state index >= 15 is 0 Å². The van der Waals surface area contributed by atoms with E-state index in [0.717, 1.165) is 24.2 Å². The number of likely N-dealkylation sites (tertiary alicyclic amines) is 1. The van der Waals surface area contributed by atoms with Crippen molar-refractivity contribution in [1.82, 2.24) is 9.88 Å². The monoisotopic (exact) mass is 446 g/mol. The second-order valence-corrected chi connectivity index (χ2v) is 10.0. The van der Waals surface area contributed by atoms with Crippen molar-refractivity contribution in [3.8, 4) is 0 Å². The van der Waals surface area contributed by atoms with E-state index < -0.39 is 30.2 Å². The highest BCUT2D eigenvalue weighted by atomic mass is 16.5. The Bertz CT molecular complexity index is 816. The van der Waals surface area contributed by atoms with Crippen LogP contribution in [0.3, 0.4) is 0 Å². The molecule has 2 aliphatic heterocycles. The number of pyridine rings is 1. The van der Waals surface area contributed by atoms with E-state index in [1.807, 2.05) is 31.1 Å². The number of carbonyl (C=O) groups excluding carboxylic acids is 2. The molecule has 0 aliphatic carbocycles. The predicted molar refractivity (Wildman–Crippen MR) is 123 cm³/mol. The van der Waals surface area contributed by atoms with Gasteiger partial charge in [0, 0.05) is 44.4 Å². The van der Waals surface area contributed by atoms with Crippen LogP contribution in [0.15, 0.2) is 18.3 Å². The molecular formula is C24H38N4O4. The van der Waals surface area contributed by atoms with Gasteiger partial charge in [0.1, 0.15) is 18.0 Å². The molecule has 3 rings (SSSR count). The highest BCUT2D eigenvalue weighted by Gasteiger charge is 2.58. The van der Waals surface area contributed by atoms with Crippen LogP contribution in [0.5, 0.6) is 0 Å². The lowest BCUT2D eigenvalue weighted by Gasteiger charge is -2.36. The first-order valence-corrected chi connectivity index (χ1v) is 11.6. The minimum Gasteiger partial charge on any atom is -0.464 e. The van der Waals surface area contributed by atoms with Gasteiger partial charge in [-0.15, -0.1) is 0 Å². The molecule has 2 aliphatic rings. The van der Waals surface area contributed by atoms with Crippen LogP contribution in [0.2, 0.25) is 0 Å². The van der Waals surface area contributed by atoms with Gasteiger partial charge < -0.3 is 25.0 Å². The topological polar surface area (TPSA) is 98.0 Å². The fraction of sp³-hybridized carbons (Fsp3) is 0.708. The number of anilines is 1. The second kappa shape index (κ2) is 9.75. The van der Waals surface area contributed by atoms with Gasteiger partial charge in [0.05, 0.1) is 12.6 Å². The van der Waals surface area contributed by atoms with Crippen LogP contribution in [-0.4, -0.2) is 67.3 Å². The van der Waals surface area contributed by atoms with Crippen molar-refractivity contribution < 1.29 is 19.1 Å². The van der Waals surface area contributed by atoms with Crippen LogP contribution in [0.25, 0.3) is 0 Å². The number of nitrogens with zero attached hydrogens (tertiary/aromatic N) is 3. The van der Waals surface area contributed by atoms with Gasteiger partial charge in [-0.2, -0.15) is 0 Å². The summed E-state index contributed by atoms with van der Waals surface area (Å²) in [5.41, 5.74) is 7.40. The van der Waals surface area contributed by atoms with Gasteiger partial charge >= 0.3 is 5.97 Å². The van der Waals surface area contributed by atoms with Gasteiger partial charge in [-0.3, -0.25) is 4.79 Å². The molecule has 3 heterocycles. The molecule has 0 aromatic carbocycles. The largest absolute Gasteiger partial charge is 0.464 e. The SMILES string of the molecule is CCOC(=O)[C@@H]1[C@@H](C(C)(C)C)[C@H](N)[C@H](c2cccnc2N(C)C)N1C(=O)[C@@H]1CCCCO1. The van der Waals surface area contributed by atoms with Gasteiger partial charge in [0.15, 0.2) is 0 Å². The lowest BCUT2D eigenvalue weighted by atomic mass is 9.73. The van der Waals surface area contributed by atoms with Crippen LogP contribution in [0.1, 0.15) is 58.6 Å². The number of amides is 1. The van der Waals surface area contributed by atoms with E-state index in [1.54, 1.807) is 18.0 Å². The first kappa shape index (κ1) is 24.5. The van der Waals surface area contributed by atoms with E-state index in [9.17, 15) is 9.59 Å². The molecule has 5 atom stereocenters. The van der Waals surface area contributed by atoms with Crippen molar-refractivity contribution in [1.29, 1.82) is 0 Å². The Morgan fingerprint density at radius 3 is 2.59 bits per heavy atom. The molecule has 2 saturated heterocycles. The zero-order valence-electron chi connectivity index (χ0n) is 20.2. The van der Waals surface area contributed by atoms with E-state index in [-0.39, 0.29) is 23.8 Å². The normalized spacial score (nSPS) is 28.5. The van der Waals surface area contributed by atoms with Crippen LogP contribution >= 0.6 is 0 Å². The van der Waals surface area contributed by atoms with Crippen molar-refractivity contribution in [2.45, 2.75) is 71.2 Å². The van der Waals surface area contributed by atoms with Gasteiger partial charge in [0.25, 0.3) is 5.91 Å². The van der Waals surface area contributed by atoms with Crippen LogP contribution < -0.4 is 10.6 Å². The Kier molecular flexibility index (Phi) is 7.45. The maximum Gasteiger partial charge on any atom is 0.329 e. The summed E-state index contributed by atoms with van der Waals surface area (Å²) in [5, 5.41) is 0. The van der Waals surface area contributed by atoms with Crippen LogP contribution in [0.4, 0.5) is 5.82 Å². The number of hydrogen-bond acceptors (Lipinski definition) is 7. The summed E-state index contributed by atoms with van der Waals surface area (Å²) in [7, 11) is 3.82. The highest BCUT2D eigenvalue weighted by molar-refractivity contribution is 5.89. The molecule has 1 aromatic heterocycles. The summed E-state index contributed by atoms with van der Waals surface area (Å²) in [6.45, 7) is 8.73. The van der Waals surface area contributed by atoms with Crippen molar-refractivity contribution in [3.05, 3.63) is 23.9 Å². The quantitative estimate of drug-likeness (QED) is 0.694. The maximum atomic E-state index is 13.9. The first-order valence-electron chi connectivity index (χ1n) is 11.6. The van der Waals surface area contributed by atoms with E-state index in [0.29, 0.717) is 13.0 Å². The maximum absolute atomic E-state index is 13.9. The summed E-state index contributed by atoms with van der Waals surface area (Å²) in [4.78, 5) is 35.3. The van der Waals surface area contributed by atoms with Gasteiger partial charge in [-0.1, -0.05) is 26.8 Å². The Balaban J connectivity index is 2.17. The smallest absolute Gasteiger partial charge is 0.329 e. The predicted octanol–water partition coefficient (Wildman–Crippen LogP) is 2.52. The highest BCUT2D eigenvalue weighted by Crippen LogP contribution is 2.49. The molecule has 1 amide bonds. The summed E-state index contributed by atoms with van der Waals surface area (Å²) in [6.07, 6.45) is 3.64. The number of ether oxygens (including phenoxy) is 2. The van der Waals surface area contributed by atoms with Gasteiger partial charge in [-0.05, 0) is 37.7 Å². The minimum absolute atomic E-state index is 0.191. The lowest BCUT2D eigenvalue weighted by Crippen LogP contribution is -2.51. The molecule has 0 bridgehead atoms. The number of esters is 1. The summed E-state index contributed by atoms with van der Waals surface area (Å²) >= 11 is 0. The van der Waals surface area contributed by atoms with Gasteiger partial charge in [0.2, 0.25) is 0 Å². The van der Waals surface area contributed by atoms with Crippen molar-refractivity contribution >= 4 is 17.7 Å². The molecule has 1 aromatic rings. The van der Waals surface area contributed by atoms with Crippen molar-refractivity contribution in [2.75, 3.05) is 32.2 Å². The average molecular weight is 447 g/mol. The number of carbonyl (C=O) groups is 2. The third-order valence-corrected chi connectivity index (χ3v) is 6.52. The molecule has 0 saturated carbocycles. The van der Waals surface area contributed by atoms with Gasteiger partial charge in [-0.25, -0.2) is 9.78 Å². The molecule has 178 valence electrons. The zero-order chi connectivity index (χ0) is 23.6. The summed E-state index contributed by atoms with van der Waals surface area (Å²) in [6, 6.07) is 2.02. The Hall–Kier alpha value is -2.19. The number of rotatable bonds is 5. The van der Waals surface area contributed by atoms with E-state index in [2.05, 4.69) is 25.8 Å². The molecule has 0 radical (unpaired) electrons. The van der Waals surface area contributed by atoms with Crippen LogP contribution in [-0.2, 0) is 19.1 Å². The average Bonchev–Trinajstić information content (AvgIpc) is 3.07. The minimum atomic E-state index is -0.789. The second-order valence-electron chi connectivity index (χ2n) is 10.0. The summed E-state index contributed by atoms with van der Waals surface area (Å²) < 4.78 is 11.3. The lowest BCUT2D eigenvalue weighted by molar-refractivity contribution is -0.162. The van der Waals surface area contributed by atoms with Crippen molar-refractivity contribution in [3.63, 3.8) is 0 Å². The molecule has 8 nitrogen and oxygen atoms in total. The van der Waals surface area contributed by atoms with Crippen LogP contribution in [0, 0.1) is 11.3 Å². The zero-order valence-corrected chi connectivity index (χ0v) is 20.2. The van der Waals surface area contributed by atoms with Crippen molar-refractivity contribution in [2.24, 2.45) is 17.1 Å². The fourth-order valence-corrected chi connectivity index (χ4v) is 5.22. The standard InChI is InChI=1S/C24H38N4O4/c1-7-31-23(30)20-17(24(2,3)4)18(25)19(15-11-10-13-26-21(15)27(5)6)28(20)22(29)16-12-8-9-14-32-16/h10-11,13,16-20H,7-9,12,14,25H2,1-6H3/t16-,17-,18-,19-,20-/m0/s1. The van der Waals surface area contributed by atoms with E-state index in [1.165, 1.54) is 0 Å². The Labute approximate surface area is 191 Å². The fourth-order valence-electron chi connectivity index (χ4n) is 5.22. The Morgan fingerprint density at radius 2 is 2.03 bits per heavy atom. The first-order chi connectivity index (χ1) is 15.1. The molecule has 8 heteroatoms. The third kappa shape index (κ3) is 4.62. The molecule has 0 unspecified atom stereocenters. The number of aromatic nitrogens is 1.